The number of pyridine rings is 1. The number of fused-ring (bicyclic) bond motifs is 1. The van der Waals surface area contributed by atoms with Crippen molar-refractivity contribution < 1.29 is 13.2 Å². The van der Waals surface area contributed by atoms with Gasteiger partial charge in [0, 0.05) is 17.6 Å². The van der Waals surface area contributed by atoms with Crippen LogP contribution in [0.1, 0.15) is 16.7 Å². The fraction of sp³-hybridized carbons (Fsp3) is 0.154. The number of anilines is 1. The molecule has 0 aliphatic heterocycles. The zero-order chi connectivity index (χ0) is 24.1. The van der Waals surface area contributed by atoms with Gasteiger partial charge in [0.05, 0.1) is 16.2 Å². The van der Waals surface area contributed by atoms with Gasteiger partial charge in [-0.05, 0) is 67.4 Å². The van der Waals surface area contributed by atoms with Gasteiger partial charge < -0.3 is 5.32 Å². The molecule has 0 fully saturated rings. The third kappa shape index (κ3) is 6.02. The Morgan fingerprint density at radius 3 is 2.41 bits per heavy atom. The van der Waals surface area contributed by atoms with Crippen molar-refractivity contribution in [1.82, 2.24) is 9.71 Å². The predicted octanol–water partition coefficient (Wildman–Crippen LogP) is 5.06. The molecule has 0 aliphatic rings. The van der Waals surface area contributed by atoms with Crippen molar-refractivity contribution in [2.75, 3.05) is 11.1 Å². The van der Waals surface area contributed by atoms with E-state index >= 15 is 0 Å². The SMILES string of the molecule is Cc1ccc2nc(SCC(=O)Nc3ccc(S(=O)(=O)NCc4ccccc4)cc3)c(C)cc2c1. The summed E-state index contributed by atoms with van der Waals surface area (Å²) in [6.07, 6.45) is 0. The lowest BCUT2D eigenvalue weighted by atomic mass is 10.1. The molecule has 0 spiro atoms. The van der Waals surface area contributed by atoms with Crippen molar-refractivity contribution in [1.29, 1.82) is 0 Å². The van der Waals surface area contributed by atoms with Gasteiger partial charge in [0.2, 0.25) is 15.9 Å². The number of sulfonamides is 1. The first-order valence-electron chi connectivity index (χ1n) is 10.7. The summed E-state index contributed by atoms with van der Waals surface area (Å²) in [4.78, 5) is 17.3. The van der Waals surface area contributed by atoms with Crippen LogP contribution in [0.3, 0.4) is 0 Å². The van der Waals surface area contributed by atoms with Crippen LogP contribution in [0, 0.1) is 13.8 Å². The highest BCUT2D eigenvalue weighted by molar-refractivity contribution is 8.00. The lowest BCUT2D eigenvalue weighted by Crippen LogP contribution is -2.23. The van der Waals surface area contributed by atoms with Crippen molar-refractivity contribution in [3.63, 3.8) is 0 Å². The average Bonchev–Trinajstić information content (AvgIpc) is 2.82. The van der Waals surface area contributed by atoms with Crippen molar-refractivity contribution >= 4 is 44.3 Å². The van der Waals surface area contributed by atoms with Crippen LogP contribution in [0.5, 0.6) is 0 Å². The van der Waals surface area contributed by atoms with Gasteiger partial charge in [-0.1, -0.05) is 53.7 Å². The molecule has 3 aromatic carbocycles. The number of nitrogens with zero attached hydrogens (tertiary/aromatic N) is 1. The van der Waals surface area contributed by atoms with Gasteiger partial charge in [0.15, 0.2) is 0 Å². The van der Waals surface area contributed by atoms with Crippen LogP contribution in [0.15, 0.2) is 88.8 Å². The van der Waals surface area contributed by atoms with Crippen LogP contribution in [0.4, 0.5) is 5.69 Å². The van der Waals surface area contributed by atoms with Gasteiger partial charge >= 0.3 is 0 Å². The fourth-order valence-corrected chi connectivity index (χ4v) is 5.24. The summed E-state index contributed by atoms with van der Waals surface area (Å²) in [5, 5.41) is 4.71. The Labute approximate surface area is 203 Å². The van der Waals surface area contributed by atoms with E-state index < -0.39 is 10.0 Å². The van der Waals surface area contributed by atoms with Gasteiger partial charge in [-0.15, -0.1) is 0 Å². The molecule has 0 aliphatic carbocycles. The zero-order valence-corrected chi connectivity index (χ0v) is 20.5. The molecule has 0 radical (unpaired) electrons. The summed E-state index contributed by atoms with van der Waals surface area (Å²) in [6.45, 7) is 4.24. The number of amides is 1. The first kappa shape index (κ1) is 23.9. The maximum atomic E-state index is 12.5. The first-order chi connectivity index (χ1) is 16.3. The molecular formula is C26H25N3O3S2. The van der Waals surface area contributed by atoms with Crippen molar-refractivity contribution in [3.05, 3.63) is 95.6 Å². The smallest absolute Gasteiger partial charge is 0.240 e. The van der Waals surface area contributed by atoms with Gasteiger partial charge in [0.25, 0.3) is 0 Å². The monoisotopic (exact) mass is 491 g/mol. The predicted molar refractivity (Wildman–Crippen MR) is 137 cm³/mol. The van der Waals surface area contributed by atoms with Crippen molar-refractivity contribution in [2.24, 2.45) is 0 Å². The van der Waals surface area contributed by atoms with Crippen LogP contribution >= 0.6 is 11.8 Å². The number of hydrogen-bond donors (Lipinski definition) is 2. The summed E-state index contributed by atoms with van der Waals surface area (Å²) >= 11 is 1.38. The molecule has 34 heavy (non-hydrogen) atoms. The third-order valence-corrected chi connectivity index (χ3v) is 7.72. The van der Waals surface area contributed by atoms with E-state index in [1.165, 1.54) is 29.5 Å². The lowest BCUT2D eigenvalue weighted by molar-refractivity contribution is -0.113. The first-order valence-corrected chi connectivity index (χ1v) is 13.2. The molecule has 0 saturated heterocycles. The van der Waals surface area contributed by atoms with E-state index in [0.29, 0.717) is 5.69 Å². The second-order valence-corrected chi connectivity index (χ2v) is 10.7. The average molecular weight is 492 g/mol. The minimum absolute atomic E-state index is 0.141. The number of aryl methyl sites for hydroxylation is 2. The highest BCUT2D eigenvalue weighted by Crippen LogP contribution is 2.25. The molecule has 1 aromatic heterocycles. The quantitative estimate of drug-likeness (QED) is 0.336. The number of benzene rings is 3. The molecule has 174 valence electrons. The van der Waals surface area contributed by atoms with E-state index in [-0.39, 0.29) is 23.1 Å². The number of aromatic nitrogens is 1. The largest absolute Gasteiger partial charge is 0.325 e. The normalized spacial score (nSPS) is 11.5. The lowest BCUT2D eigenvalue weighted by Gasteiger charge is -2.10. The minimum Gasteiger partial charge on any atom is -0.325 e. The molecule has 4 rings (SSSR count). The second kappa shape index (κ2) is 10.4. The third-order valence-electron chi connectivity index (χ3n) is 5.21. The molecule has 4 aromatic rings. The van der Waals surface area contributed by atoms with Crippen molar-refractivity contribution in [3.8, 4) is 0 Å². The molecule has 1 amide bonds. The number of nitrogens with one attached hydrogen (secondary N) is 2. The topological polar surface area (TPSA) is 88.2 Å². The standard InChI is InChI=1S/C26H25N3O3S2/c1-18-8-13-24-21(14-18)15-19(2)26(29-24)33-17-25(30)28-22-9-11-23(12-10-22)34(31,32)27-16-20-6-4-3-5-7-20/h3-15,27H,16-17H2,1-2H3,(H,28,30). The number of hydrogen-bond acceptors (Lipinski definition) is 5. The van der Waals surface area contributed by atoms with E-state index in [9.17, 15) is 13.2 Å². The van der Waals surface area contributed by atoms with Crippen LogP contribution in [0.25, 0.3) is 10.9 Å². The Kier molecular flexibility index (Phi) is 7.31. The second-order valence-electron chi connectivity index (χ2n) is 7.98. The van der Waals surface area contributed by atoms with Gasteiger partial charge in [-0.3, -0.25) is 4.79 Å². The Balaban J connectivity index is 1.34. The highest BCUT2D eigenvalue weighted by atomic mass is 32.2. The zero-order valence-electron chi connectivity index (χ0n) is 18.9. The molecule has 6 nitrogen and oxygen atoms in total. The van der Waals surface area contributed by atoms with Gasteiger partial charge in [-0.25, -0.2) is 18.1 Å². The van der Waals surface area contributed by atoms with E-state index in [1.54, 1.807) is 12.1 Å². The molecule has 0 saturated carbocycles. The van der Waals surface area contributed by atoms with Crippen LogP contribution < -0.4 is 10.0 Å². The summed E-state index contributed by atoms with van der Waals surface area (Å²) < 4.78 is 27.7. The van der Waals surface area contributed by atoms with E-state index in [1.807, 2.05) is 56.3 Å². The summed E-state index contributed by atoms with van der Waals surface area (Å²) in [7, 11) is -3.65. The van der Waals surface area contributed by atoms with E-state index in [0.717, 1.165) is 27.1 Å². The molecule has 2 N–H and O–H groups in total. The number of rotatable bonds is 8. The summed E-state index contributed by atoms with van der Waals surface area (Å²) in [6, 6.07) is 23.6. The van der Waals surface area contributed by atoms with Crippen LogP contribution in [-0.2, 0) is 21.4 Å². The van der Waals surface area contributed by atoms with Crippen molar-refractivity contribution in [2.45, 2.75) is 30.3 Å². The maximum Gasteiger partial charge on any atom is 0.240 e. The molecule has 0 atom stereocenters. The Bertz CT molecular complexity index is 1420. The van der Waals surface area contributed by atoms with Gasteiger partial charge in [0.1, 0.15) is 5.03 Å². The number of thioether (sulfide) groups is 1. The number of carbonyl (C=O) groups is 1. The van der Waals surface area contributed by atoms with Crippen LogP contribution in [0.2, 0.25) is 0 Å². The molecule has 0 bridgehead atoms. The Hall–Kier alpha value is -3.20. The molecule has 8 heteroatoms. The minimum atomic E-state index is -3.65. The fourth-order valence-electron chi connectivity index (χ4n) is 3.44. The molecular weight excluding hydrogens is 466 g/mol. The Morgan fingerprint density at radius 1 is 0.941 bits per heavy atom. The highest BCUT2D eigenvalue weighted by Gasteiger charge is 2.14. The maximum absolute atomic E-state index is 12.5. The summed E-state index contributed by atoms with van der Waals surface area (Å²) in [5.74, 6) is 0.0113. The summed E-state index contributed by atoms with van der Waals surface area (Å²) in [5.41, 5.74) is 4.51. The Morgan fingerprint density at radius 2 is 1.68 bits per heavy atom. The number of carbonyl (C=O) groups excluding carboxylic acids is 1. The van der Waals surface area contributed by atoms with E-state index in [4.69, 9.17) is 0 Å². The van der Waals surface area contributed by atoms with Gasteiger partial charge in [-0.2, -0.15) is 0 Å². The molecule has 1 heterocycles. The van der Waals surface area contributed by atoms with E-state index in [2.05, 4.69) is 27.2 Å². The van der Waals surface area contributed by atoms with Crippen LogP contribution in [-0.4, -0.2) is 25.1 Å². The molecule has 0 unspecified atom stereocenters.